The molecule has 0 aliphatic heterocycles. The zero-order valence-electron chi connectivity index (χ0n) is 12.3. The zero-order valence-corrected chi connectivity index (χ0v) is 12.3. The quantitative estimate of drug-likeness (QED) is 0.786. The molecule has 2 aromatic rings. The van der Waals surface area contributed by atoms with Gasteiger partial charge in [0.1, 0.15) is 12.2 Å². The average molecular weight is 273 g/mol. The summed E-state index contributed by atoms with van der Waals surface area (Å²) in [6.07, 6.45) is 2.75. The Labute approximate surface area is 120 Å². The summed E-state index contributed by atoms with van der Waals surface area (Å²) in [7, 11) is 0. The topological polar surface area (TPSA) is 60.0 Å². The Morgan fingerprint density at radius 3 is 2.55 bits per heavy atom. The van der Waals surface area contributed by atoms with Crippen molar-refractivity contribution in [1.29, 1.82) is 0 Å². The minimum Gasteiger partial charge on any atom is -0.399 e. The fourth-order valence-corrected chi connectivity index (χ4v) is 2.29. The Morgan fingerprint density at radius 2 is 1.90 bits per heavy atom. The number of hydrogen-bond acceptors (Lipinski definition) is 4. The molecule has 0 atom stereocenters. The lowest BCUT2D eigenvalue weighted by molar-refractivity contribution is 0.246. The van der Waals surface area contributed by atoms with Crippen LogP contribution < -0.4 is 5.73 Å². The molecule has 2 N–H and O–H groups in total. The van der Waals surface area contributed by atoms with Crippen molar-refractivity contribution in [2.45, 2.75) is 39.9 Å². The van der Waals surface area contributed by atoms with E-state index in [2.05, 4.69) is 41.0 Å². The van der Waals surface area contributed by atoms with Crippen LogP contribution in [0.1, 0.15) is 31.7 Å². The largest absolute Gasteiger partial charge is 0.399 e. The number of nitrogen functional groups attached to an aromatic ring is 1. The maximum absolute atomic E-state index is 5.73. The van der Waals surface area contributed by atoms with Crippen molar-refractivity contribution in [2.75, 3.05) is 12.3 Å². The first kappa shape index (κ1) is 14.5. The van der Waals surface area contributed by atoms with E-state index in [4.69, 9.17) is 5.73 Å². The summed E-state index contributed by atoms with van der Waals surface area (Å²) in [6.45, 7) is 7.91. The highest BCUT2D eigenvalue weighted by Gasteiger charge is 2.10. The molecule has 1 aromatic heterocycles. The molecule has 0 radical (unpaired) electrons. The second kappa shape index (κ2) is 7.05. The summed E-state index contributed by atoms with van der Waals surface area (Å²) < 4.78 is 1.95. The SMILES string of the molecule is CCCN(Cc1ccc(N)cc1)Cc1ncnn1CC. The maximum Gasteiger partial charge on any atom is 0.141 e. The van der Waals surface area contributed by atoms with Crippen LogP contribution in [0.15, 0.2) is 30.6 Å². The van der Waals surface area contributed by atoms with Gasteiger partial charge < -0.3 is 5.73 Å². The Morgan fingerprint density at radius 1 is 1.15 bits per heavy atom. The molecule has 0 amide bonds. The van der Waals surface area contributed by atoms with Crippen molar-refractivity contribution in [1.82, 2.24) is 19.7 Å². The van der Waals surface area contributed by atoms with Crippen LogP contribution in [0.2, 0.25) is 0 Å². The van der Waals surface area contributed by atoms with Gasteiger partial charge in [0.25, 0.3) is 0 Å². The Balaban J connectivity index is 2.05. The van der Waals surface area contributed by atoms with Crippen LogP contribution >= 0.6 is 0 Å². The third-order valence-electron chi connectivity index (χ3n) is 3.29. The van der Waals surface area contributed by atoms with Gasteiger partial charge in [0, 0.05) is 18.8 Å². The van der Waals surface area contributed by atoms with Gasteiger partial charge in [0.15, 0.2) is 0 Å². The van der Waals surface area contributed by atoms with Crippen molar-refractivity contribution < 1.29 is 0 Å². The van der Waals surface area contributed by atoms with Crippen molar-refractivity contribution in [3.05, 3.63) is 42.0 Å². The Hall–Kier alpha value is -1.88. The first-order valence-electron chi connectivity index (χ1n) is 7.16. The highest BCUT2D eigenvalue weighted by Crippen LogP contribution is 2.11. The molecule has 0 saturated carbocycles. The van der Waals surface area contributed by atoms with Crippen LogP contribution in [0.25, 0.3) is 0 Å². The van der Waals surface area contributed by atoms with Gasteiger partial charge in [-0.15, -0.1) is 0 Å². The number of anilines is 1. The van der Waals surface area contributed by atoms with Crippen molar-refractivity contribution in [3.8, 4) is 0 Å². The summed E-state index contributed by atoms with van der Waals surface area (Å²) in [5.41, 5.74) is 7.81. The van der Waals surface area contributed by atoms with Crippen LogP contribution in [-0.2, 0) is 19.6 Å². The summed E-state index contributed by atoms with van der Waals surface area (Å²) in [6, 6.07) is 8.08. The van der Waals surface area contributed by atoms with Crippen molar-refractivity contribution in [2.24, 2.45) is 0 Å². The molecular formula is C15H23N5. The lowest BCUT2D eigenvalue weighted by Crippen LogP contribution is -2.25. The van der Waals surface area contributed by atoms with E-state index < -0.39 is 0 Å². The third-order valence-corrected chi connectivity index (χ3v) is 3.29. The normalized spacial score (nSPS) is 11.2. The molecule has 108 valence electrons. The minimum absolute atomic E-state index is 0.807. The van der Waals surface area contributed by atoms with Gasteiger partial charge in [-0.1, -0.05) is 19.1 Å². The predicted molar refractivity (Wildman–Crippen MR) is 81.0 cm³/mol. The monoisotopic (exact) mass is 273 g/mol. The summed E-state index contributed by atoms with van der Waals surface area (Å²) in [5, 5.41) is 4.23. The van der Waals surface area contributed by atoms with Gasteiger partial charge in [-0.05, 0) is 37.6 Å². The van der Waals surface area contributed by atoms with E-state index in [1.807, 2.05) is 16.8 Å². The Bertz CT molecular complexity index is 517. The smallest absolute Gasteiger partial charge is 0.141 e. The molecule has 1 heterocycles. The molecule has 0 bridgehead atoms. The molecule has 20 heavy (non-hydrogen) atoms. The van der Waals surface area contributed by atoms with Crippen molar-refractivity contribution in [3.63, 3.8) is 0 Å². The van der Waals surface area contributed by atoms with Gasteiger partial charge in [0.05, 0.1) is 6.54 Å². The van der Waals surface area contributed by atoms with Crippen molar-refractivity contribution >= 4 is 5.69 Å². The minimum atomic E-state index is 0.807. The maximum atomic E-state index is 5.73. The second-order valence-corrected chi connectivity index (χ2v) is 4.94. The lowest BCUT2D eigenvalue weighted by Gasteiger charge is -2.21. The second-order valence-electron chi connectivity index (χ2n) is 4.94. The molecule has 1 aromatic carbocycles. The number of nitrogens with two attached hydrogens (primary N) is 1. The number of benzene rings is 1. The number of rotatable bonds is 7. The predicted octanol–water partition coefficient (Wildman–Crippen LogP) is 2.29. The number of aromatic nitrogens is 3. The van der Waals surface area contributed by atoms with Crippen LogP contribution in [0.3, 0.4) is 0 Å². The molecule has 2 rings (SSSR count). The van der Waals surface area contributed by atoms with Crippen LogP contribution in [0.5, 0.6) is 0 Å². The van der Waals surface area contributed by atoms with E-state index in [0.29, 0.717) is 0 Å². The standard InChI is InChI=1S/C15H23N5/c1-3-9-19(10-13-5-7-14(16)8-6-13)11-15-17-12-18-20(15)4-2/h5-8,12H,3-4,9-11,16H2,1-2H3. The molecular weight excluding hydrogens is 250 g/mol. The summed E-state index contributed by atoms with van der Waals surface area (Å²) in [4.78, 5) is 6.75. The molecule has 0 spiro atoms. The van der Waals surface area contributed by atoms with Gasteiger partial charge in [-0.2, -0.15) is 5.10 Å². The summed E-state index contributed by atoms with van der Waals surface area (Å²) >= 11 is 0. The zero-order chi connectivity index (χ0) is 14.4. The number of aryl methyl sites for hydroxylation is 1. The fourth-order valence-electron chi connectivity index (χ4n) is 2.29. The van der Waals surface area contributed by atoms with Gasteiger partial charge in [-0.3, -0.25) is 4.90 Å². The third kappa shape index (κ3) is 3.81. The number of nitrogens with zero attached hydrogens (tertiary/aromatic N) is 4. The van der Waals surface area contributed by atoms with E-state index in [1.165, 1.54) is 5.56 Å². The fraction of sp³-hybridized carbons (Fsp3) is 0.467. The average Bonchev–Trinajstić information content (AvgIpc) is 2.89. The lowest BCUT2D eigenvalue weighted by atomic mass is 10.2. The first-order chi connectivity index (χ1) is 9.72. The van der Waals surface area contributed by atoms with E-state index in [0.717, 1.165) is 44.1 Å². The van der Waals surface area contributed by atoms with Crippen LogP contribution in [-0.4, -0.2) is 26.2 Å². The molecule has 5 nitrogen and oxygen atoms in total. The van der Waals surface area contributed by atoms with Gasteiger partial charge in [-0.25, -0.2) is 9.67 Å². The molecule has 0 saturated heterocycles. The highest BCUT2D eigenvalue weighted by atomic mass is 15.3. The molecule has 0 aliphatic rings. The Kier molecular flexibility index (Phi) is 5.12. The summed E-state index contributed by atoms with van der Waals surface area (Å²) in [5.74, 6) is 1.02. The molecule has 5 heteroatoms. The molecule has 0 aliphatic carbocycles. The van der Waals surface area contributed by atoms with E-state index in [9.17, 15) is 0 Å². The van der Waals surface area contributed by atoms with Gasteiger partial charge in [0.2, 0.25) is 0 Å². The van der Waals surface area contributed by atoms with Gasteiger partial charge >= 0.3 is 0 Å². The first-order valence-corrected chi connectivity index (χ1v) is 7.16. The molecule has 0 unspecified atom stereocenters. The molecule has 0 fully saturated rings. The number of hydrogen-bond donors (Lipinski definition) is 1. The van der Waals surface area contributed by atoms with Crippen LogP contribution in [0.4, 0.5) is 5.69 Å². The highest BCUT2D eigenvalue weighted by molar-refractivity contribution is 5.39. The van der Waals surface area contributed by atoms with E-state index >= 15 is 0 Å². The van der Waals surface area contributed by atoms with Crippen LogP contribution in [0, 0.1) is 0 Å². The van der Waals surface area contributed by atoms with E-state index in [-0.39, 0.29) is 0 Å². The van der Waals surface area contributed by atoms with E-state index in [1.54, 1.807) is 6.33 Å².